The van der Waals surface area contributed by atoms with Crippen LogP contribution in [0.2, 0.25) is 0 Å². The van der Waals surface area contributed by atoms with Gasteiger partial charge in [0, 0.05) is 17.4 Å². The number of aromatic hydroxyl groups is 1. The zero-order valence-corrected chi connectivity index (χ0v) is 15.5. The Morgan fingerprint density at radius 3 is 2.67 bits per heavy atom. The van der Waals surface area contributed by atoms with E-state index in [9.17, 15) is 10.2 Å². The molecule has 2 unspecified atom stereocenters. The Morgan fingerprint density at radius 1 is 1.21 bits per heavy atom. The van der Waals surface area contributed by atoms with Crippen molar-refractivity contribution in [1.82, 2.24) is 0 Å². The highest BCUT2D eigenvalue weighted by Crippen LogP contribution is 2.55. The molecule has 3 heteroatoms. The second kappa shape index (κ2) is 6.59. The van der Waals surface area contributed by atoms with Gasteiger partial charge in [0.2, 0.25) is 0 Å². The zero-order chi connectivity index (χ0) is 17.5. The number of rotatable bonds is 4. The van der Waals surface area contributed by atoms with Crippen LogP contribution in [-0.2, 0) is 6.42 Å². The maximum Gasteiger partial charge on any atom is 0.127 e. The van der Waals surface area contributed by atoms with Gasteiger partial charge >= 0.3 is 0 Å². The highest BCUT2D eigenvalue weighted by Gasteiger charge is 2.50. The molecule has 1 saturated carbocycles. The lowest BCUT2D eigenvalue weighted by atomic mass is 9.62. The first-order valence-electron chi connectivity index (χ1n) is 9.58. The molecule has 1 aliphatic carbocycles. The second-order valence-electron chi connectivity index (χ2n) is 8.37. The van der Waals surface area contributed by atoms with E-state index in [1.54, 1.807) is 0 Å². The van der Waals surface area contributed by atoms with E-state index in [2.05, 4.69) is 33.8 Å². The molecule has 134 valence electrons. The summed E-state index contributed by atoms with van der Waals surface area (Å²) in [5, 5.41) is 21.6. The van der Waals surface area contributed by atoms with E-state index in [1.807, 2.05) is 6.07 Å². The average molecular weight is 332 g/mol. The quantitative estimate of drug-likeness (QED) is 0.780. The van der Waals surface area contributed by atoms with Crippen molar-refractivity contribution >= 4 is 0 Å². The smallest absolute Gasteiger partial charge is 0.127 e. The maximum absolute atomic E-state index is 10.9. The largest absolute Gasteiger partial charge is 0.508 e. The van der Waals surface area contributed by atoms with Crippen LogP contribution in [0.3, 0.4) is 0 Å². The number of ether oxygens (including phenoxy) is 1. The number of hydrogen-bond donors (Lipinski definition) is 2. The Labute approximate surface area is 146 Å². The summed E-state index contributed by atoms with van der Waals surface area (Å²) in [5.41, 5.74) is 1.65. The molecule has 0 saturated heterocycles. The first kappa shape index (κ1) is 17.6. The number of aliphatic hydroxyl groups is 1. The van der Waals surface area contributed by atoms with Crippen molar-refractivity contribution in [2.24, 2.45) is 11.8 Å². The van der Waals surface area contributed by atoms with Crippen molar-refractivity contribution in [3.05, 3.63) is 23.3 Å². The molecule has 1 aliphatic heterocycles. The van der Waals surface area contributed by atoms with Crippen LogP contribution in [0.4, 0.5) is 0 Å². The summed E-state index contributed by atoms with van der Waals surface area (Å²) in [6.45, 7) is 8.55. The van der Waals surface area contributed by atoms with Gasteiger partial charge in [-0.1, -0.05) is 26.7 Å². The predicted molar refractivity (Wildman–Crippen MR) is 96.7 cm³/mol. The first-order valence-corrected chi connectivity index (χ1v) is 9.58. The van der Waals surface area contributed by atoms with Crippen molar-refractivity contribution in [2.45, 2.75) is 83.8 Å². The molecule has 1 fully saturated rings. The van der Waals surface area contributed by atoms with Crippen LogP contribution in [0.15, 0.2) is 12.1 Å². The van der Waals surface area contributed by atoms with Gasteiger partial charge < -0.3 is 14.9 Å². The number of aliphatic hydroxyl groups excluding tert-OH is 1. The van der Waals surface area contributed by atoms with E-state index >= 15 is 0 Å². The highest BCUT2D eigenvalue weighted by atomic mass is 16.5. The van der Waals surface area contributed by atoms with E-state index in [-0.39, 0.29) is 23.4 Å². The van der Waals surface area contributed by atoms with Gasteiger partial charge in [0.05, 0.1) is 6.10 Å². The lowest BCUT2D eigenvalue weighted by Gasteiger charge is -2.50. The number of phenolic OH excluding ortho intramolecular Hbond substituents is 1. The number of unbranched alkanes of at least 4 members (excludes halogenated alkanes) is 2. The summed E-state index contributed by atoms with van der Waals surface area (Å²) < 4.78 is 6.33. The van der Waals surface area contributed by atoms with Gasteiger partial charge in [-0.2, -0.15) is 0 Å². The third kappa shape index (κ3) is 3.03. The van der Waals surface area contributed by atoms with Crippen LogP contribution < -0.4 is 4.74 Å². The molecule has 0 bridgehead atoms. The predicted octanol–water partition coefficient (Wildman–Crippen LogP) is 4.79. The molecule has 0 amide bonds. The molecule has 1 aromatic rings. The Morgan fingerprint density at radius 2 is 1.96 bits per heavy atom. The summed E-state index contributed by atoms with van der Waals surface area (Å²) in [7, 11) is 0. The molecule has 24 heavy (non-hydrogen) atoms. The fourth-order valence-corrected chi connectivity index (χ4v) is 4.71. The monoisotopic (exact) mass is 332 g/mol. The van der Waals surface area contributed by atoms with Crippen LogP contribution in [0.25, 0.3) is 0 Å². The van der Waals surface area contributed by atoms with Gasteiger partial charge in [-0.3, -0.25) is 0 Å². The third-order valence-corrected chi connectivity index (χ3v) is 6.17. The molecule has 4 atom stereocenters. The summed E-state index contributed by atoms with van der Waals surface area (Å²) in [5.74, 6) is 1.56. The summed E-state index contributed by atoms with van der Waals surface area (Å²) >= 11 is 0. The maximum atomic E-state index is 10.9. The average Bonchev–Trinajstić information content (AvgIpc) is 2.50. The van der Waals surface area contributed by atoms with Crippen molar-refractivity contribution in [3.8, 4) is 11.5 Å². The lowest BCUT2D eigenvalue weighted by molar-refractivity contribution is -0.0662. The third-order valence-electron chi connectivity index (χ3n) is 6.17. The van der Waals surface area contributed by atoms with Gasteiger partial charge in [0.25, 0.3) is 0 Å². The van der Waals surface area contributed by atoms with Crippen LogP contribution in [0, 0.1) is 11.8 Å². The lowest BCUT2D eigenvalue weighted by Crippen LogP contribution is -2.51. The zero-order valence-electron chi connectivity index (χ0n) is 15.5. The topological polar surface area (TPSA) is 49.7 Å². The molecule has 0 radical (unpaired) electrons. The Balaban J connectivity index is 1.99. The Kier molecular flexibility index (Phi) is 4.83. The van der Waals surface area contributed by atoms with Gasteiger partial charge in [0.15, 0.2) is 0 Å². The van der Waals surface area contributed by atoms with Crippen LogP contribution in [0.5, 0.6) is 11.5 Å². The molecule has 1 heterocycles. The van der Waals surface area contributed by atoms with Crippen molar-refractivity contribution in [1.29, 1.82) is 0 Å². The molecular formula is C21H32O3. The molecule has 0 spiro atoms. The van der Waals surface area contributed by atoms with E-state index in [1.165, 1.54) is 12.8 Å². The number of phenols is 1. The Bertz CT molecular complexity index is 593. The number of aryl methyl sites for hydroxylation is 1. The summed E-state index contributed by atoms with van der Waals surface area (Å²) in [6, 6.07) is 3.98. The summed E-state index contributed by atoms with van der Waals surface area (Å²) in [4.78, 5) is 0. The highest BCUT2D eigenvalue weighted by molar-refractivity contribution is 5.52. The van der Waals surface area contributed by atoms with Crippen LogP contribution >= 0.6 is 0 Å². The number of fused-ring (bicyclic) bond motifs is 3. The molecule has 1 aromatic carbocycles. The molecule has 0 aromatic heterocycles. The van der Waals surface area contributed by atoms with E-state index in [0.717, 1.165) is 42.6 Å². The Hall–Kier alpha value is -1.22. The second-order valence-corrected chi connectivity index (χ2v) is 8.37. The van der Waals surface area contributed by atoms with Crippen molar-refractivity contribution < 1.29 is 14.9 Å². The molecule has 2 aliphatic rings. The van der Waals surface area contributed by atoms with Gasteiger partial charge in [-0.25, -0.2) is 0 Å². The van der Waals surface area contributed by atoms with Crippen LogP contribution in [0.1, 0.15) is 76.8 Å². The van der Waals surface area contributed by atoms with Crippen LogP contribution in [-0.4, -0.2) is 21.9 Å². The minimum atomic E-state index is -0.414. The fraction of sp³-hybridized carbons (Fsp3) is 0.714. The van der Waals surface area contributed by atoms with Gasteiger partial charge in [-0.05, 0) is 63.1 Å². The first-order chi connectivity index (χ1) is 11.3. The van der Waals surface area contributed by atoms with E-state index < -0.39 is 6.10 Å². The SMILES string of the molecule is CCCCCc1cc(O)c2c(c1)OC(C)(C)[C@@H]1CCC(C)[C@H](O)C21. The molecule has 2 N–H and O–H groups in total. The normalized spacial score (nSPS) is 31.0. The number of benzene rings is 1. The molecule has 3 nitrogen and oxygen atoms in total. The molecule has 3 rings (SSSR count). The standard InChI is InChI=1S/C21H32O3/c1-5-6-7-8-14-11-16(22)19-17(12-14)24-21(3,4)15-10-9-13(2)20(23)18(15)19/h11-13,15,18,20,22-23H,5-10H2,1-4H3/t13?,15-,18?,20+/m1/s1. The minimum absolute atomic E-state index is 0.0304. The van der Waals surface area contributed by atoms with E-state index in [4.69, 9.17) is 4.74 Å². The van der Waals surface area contributed by atoms with Crippen molar-refractivity contribution in [3.63, 3.8) is 0 Å². The number of hydrogen-bond acceptors (Lipinski definition) is 3. The molecular weight excluding hydrogens is 300 g/mol. The minimum Gasteiger partial charge on any atom is -0.508 e. The van der Waals surface area contributed by atoms with E-state index in [0.29, 0.717) is 5.75 Å². The fourth-order valence-electron chi connectivity index (χ4n) is 4.71. The van der Waals surface area contributed by atoms with Crippen molar-refractivity contribution in [2.75, 3.05) is 0 Å². The van der Waals surface area contributed by atoms with Gasteiger partial charge in [0.1, 0.15) is 17.1 Å². The summed E-state index contributed by atoms with van der Waals surface area (Å²) in [6.07, 6.45) is 6.12. The van der Waals surface area contributed by atoms with Gasteiger partial charge in [-0.15, -0.1) is 0 Å².